The summed E-state index contributed by atoms with van der Waals surface area (Å²) in [6, 6.07) is 4.36. The molecule has 18 heavy (non-hydrogen) atoms. The zero-order chi connectivity index (χ0) is 12.8. The number of aliphatic imine (C=N–C) groups is 1. The number of nitrogens with zero attached hydrogens (tertiary/aromatic N) is 1. The van der Waals surface area contributed by atoms with E-state index in [1.807, 2.05) is 5.55 Å². The minimum atomic E-state index is -1.80. The van der Waals surface area contributed by atoms with Crippen LogP contribution in [-0.4, -0.2) is 40.1 Å². The van der Waals surface area contributed by atoms with Crippen LogP contribution in [0.15, 0.2) is 23.2 Å². The lowest BCUT2D eigenvalue weighted by molar-refractivity contribution is 0.308. The van der Waals surface area contributed by atoms with Gasteiger partial charge in [0.05, 0.1) is 16.3 Å². The highest BCUT2D eigenvalue weighted by Gasteiger charge is 2.58. The highest BCUT2D eigenvalue weighted by atomic mass is 32.2. The lowest BCUT2D eigenvalue weighted by atomic mass is 9.80. The Kier molecular flexibility index (Phi) is 2.84. The molecular formula is C11H11BFNO3S. The summed E-state index contributed by atoms with van der Waals surface area (Å²) >= 11 is 1.66. The summed E-state index contributed by atoms with van der Waals surface area (Å²) in [5.74, 6) is -0.285. The van der Waals surface area contributed by atoms with Crippen LogP contribution in [0.25, 0.3) is 0 Å². The molecule has 0 saturated heterocycles. The van der Waals surface area contributed by atoms with Crippen molar-refractivity contribution >= 4 is 29.9 Å². The number of fused-ring (bicyclic) bond motifs is 1. The fourth-order valence-electron chi connectivity index (χ4n) is 1.99. The molecule has 1 aliphatic heterocycles. The van der Waals surface area contributed by atoms with Crippen molar-refractivity contribution in [3.05, 3.63) is 24.0 Å². The molecule has 4 nitrogen and oxygen atoms in total. The zero-order valence-electron chi connectivity index (χ0n) is 9.41. The van der Waals surface area contributed by atoms with Crippen LogP contribution in [0.5, 0.6) is 5.75 Å². The molecule has 3 rings (SSSR count). The van der Waals surface area contributed by atoms with Crippen molar-refractivity contribution < 1.29 is 19.2 Å². The average Bonchev–Trinajstić information content (AvgIpc) is 2.88. The maximum Gasteiger partial charge on any atom is 0.491 e. The molecule has 1 saturated carbocycles. The minimum Gasteiger partial charge on any atom is -0.492 e. The van der Waals surface area contributed by atoms with Crippen LogP contribution in [0.2, 0.25) is 0 Å². The predicted molar refractivity (Wildman–Crippen MR) is 68.9 cm³/mol. The van der Waals surface area contributed by atoms with Crippen LogP contribution < -0.4 is 10.2 Å². The zero-order valence-corrected chi connectivity index (χ0v) is 10.2. The number of benzene rings is 1. The van der Waals surface area contributed by atoms with Gasteiger partial charge in [-0.25, -0.2) is 4.39 Å². The molecule has 0 aromatic heterocycles. The van der Waals surface area contributed by atoms with Crippen molar-refractivity contribution in [2.75, 3.05) is 6.61 Å². The molecule has 2 N–H and O–H groups in total. The maximum atomic E-state index is 13.5. The fraction of sp³-hybridized carbons (Fsp3) is 0.364. The highest BCUT2D eigenvalue weighted by molar-refractivity contribution is 8.14. The molecule has 0 radical (unpaired) electrons. The van der Waals surface area contributed by atoms with Gasteiger partial charge in [0, 0.05) is 11.5 Å². The lowest BCUT2D eigenvalue weighted by Gasteiger charge is -2.12. The van der Waals surface area contributed by atoms with Crippen molar-refractivity contribution in [3.8, 4) is 5.75 Å². The smallest absolute Gasteiger partial charge is 0.491 e. The van der Waals surface area contributed by atoms with Crippen molar-refractivity contribution in [3.63, 3.8) is 0 Å². The van der Waals surface area contributed by atoms with Crippen molar-refractivity contribution in [1.29, 1.82) is 0 Å². The summed E-state index contributed by atoms with van der Waals surface area (Å²) in [6.45, 7) is 0.489. The first kappa shape index (κ1) is 12.0. The quantitative estimate of drug-likeness (QED) is 0.763. The van der Waals surface area contributed by atoms with Gasteiger partial charge in [-0.2, -0.15) is 0 Å². The summed E-state index contributed by atoms with van der Waals surface area (Å²) in [4.78, 5) is 4.27. The lowest BCUT2D eigenvalue weighted by Crippen LogP contribution is -2.32. The second kappa shape index (κ2) is 4.26. The molecule has 2 aliphatic rings. The second-order valence-corrected chi connectivity index (χ2v) is 5.76. The van der Waals surface area contributed by atoms with Crippen molar-refractivity contribution in [2.45, 2.75) is 17.2 Å². The summed E-state index contributed by atoms with van der Waals surface area (Å²) in [7, 11) is -1.80. The number of ether oxygens (including phenoxy) is 1. The van der Waals surface area contributed by atoms with E-state index in [0.717, 1.165) is 6.42 Å². The third-order valence-electron chi connectivity index (χ3n) is 3.25. The first-order valence-electron chi connectivity index (χ1n) is 5.59. The molecule has 0 bridgehead atoms. The van der Waals surface area contributed by atoms with Crippen LogP contribution in [0.1, 0.15) is 6.42 Å². The Morgan fingerprint density at radius 1 is 1.56 bits per heavy atom. The first-order chi connectivity index (χ1) is 8.61. The first-order valence-corrected chi connectivity index (χ1v) is 6.46. The van der Waals surface area contributed by atoms with Gasteiger partial charge in [0.1, 0.15) is 18.2 Å². The molecule has 0 spiro atoms. The molecule has 94 valence electrons. The molecule has 1 aromatic rings. The van der Waals surface area contributed by atoms with Gasteiger partial charge in [0.2, 0.25) is 0 Å². The normalized spacial score (nSPS) is 28.1. The van der Waals surface area contributed by atoms with E-state index in [1.165, 1.54) is 18.2 Å². The standard InChI is InChI=1S/C11H11BFNO3S/c13-9-3-7(1-2-8(9)12(15)16)17-5-11-4-10(11)14-6-18-11/h1-3,6,10,15-16H,4-5H2. The SMILES string of the molecule is OB(O)c1ccc(OCC23CC2N=CS3)cc1F. The van der Waals surface area contributed by atoms with E-state index < -0.39 is 12.9 Å². The molecule has 2 unspecified atom stereocenters. The van der Waals surface area contributed by atoms with Crippen LogP contribution in [-0.2, 0) is 0 Å². The molecule has 7 heteroatoms. The Bertz CT molecular complexity index is 513. The van der Waals surface area contributed by atoms with Gasteiger partial charge in [0.15, 0.2) is 0 Å². The fourth-order valence-corrected chi connectivity index (χ4v) is 3.01. The summed E-state index contributed by atoms with van der Waals surface area (Å²) in [5, 5.41) is 17.8. The predicted octanol–water partition coefficient (Wildman–Crippen LogP) is 0.170. The van der Waals surface area contributed by atoms with Gasteiger partial charge >= 0.3 is 7.12 Å². The van der Waals surface area contributed by atoms with Crippen molar-refractivity contribution in [1.82, 2.24) is 0 Å². The van der Waals surface area contributed by atoms with Crippen LogP contribution >= 0.6 is 11.8 Å². The average molecular weight is 267 g/mol. The highest BCUT2D eigenvalue weighted by Crippen LogP contribution is 2.54. The largest absolute Gasteiger partial charge is 0.492 e. The Morgan fingerprint density at radius 2 is 2.39 bits per heavy atom. The summed E-state index contributed by atoms with van der Waals surface area (Å²) < 4.78 is 19.1. The van der Waals surface area contributed by atoms with E-state index >= 15 is 0 Å². The summed E-state index contributed by atoms with van der Waals surface area (Å²) in [6.07, 6.45) is 1.00. The number of rotatable bonds is 4. The number of halogens is 1. The van der Waals surface area contributed by atoms with E-state index in [2.05, 4.69) is 4.99 Å². The van der Waals surface area contributed by atoms with Gasteiger partial charge in [-0.3, -0.25) is 4.99 Å². The van der Waals surface area contributed by atoms with Gasteiger partial charge in [-0.05, 0) is 12.5 Å². The third kappa shape index (κ3) is 2.02. The third-order valence-corrected chi connectivity index (χ3v) is 4.50. The minimum absolute atomic E-state index is 0.0473. The van der Waals surface area contributed by atoms with Crippen LogP contribution in [0.3, 0.4) is 0 Å². The molecule has 0 amide bonds. The molecule has 1 aromatic carbocycles. The Morgan fingerprint density at radius 3 is 2.94 bits per heavy atom. The number of thioether (sulfide) groups is 1. The second-order valence-electron chi connectivity index (χ2n) is 4.50. The molecule has 1 aliphatic carbocycles. The van der Waals surface area contributed by atoms with E-state index in [4.69, 9.17) is 14.8 Å². The molecule has 1 fully saturated rings. The molecule has 1 heterocycles. The number of hydrogen-bond donors (Lipinski definition) is 2. The van der Waals surface area contributed by atoms with Gasteiger partial charge in [-0.1, -0.05) is 6.07 Å². The van der Waals surface area contributed by atoms with E-state index in [1.54, 1.807) is 11.8 Å². The Balaban J connectivity index is 1.65. The Labute approximate surface area is 108 Å². The van der Waals surface area contributed by atoms with E-state index in [-0.39, 0.29) is 10.2 Å². The Hall–Kier alpha value is -1.05. The van der Waals surface area contributed by atoms with E-state index in [0.29, 0.717) is 18.4 Å². The van der Waals surface area contributed by atoms with Crippen LogP contribution in [0.4, 0.5) is 4.39 Å². The summed E-state index contributed by atoms with van der Waals surface area (Å²) in [5.41, 5.74) is 1.69. The molecule has 2 atom stereocenters. The monoisotopic (exact) mass is 267 g/mol. The van der Waals surface area contributed by atoms with Gasteiger partial charge in [-0.15, -0.1) is 11.8 Å². The van der Waals surface area contributed by atoms with E-state index in [9.17, 15) is 4.39 Å². The topological polar surface area (TPSA) is 62.0 Å². The number of hydrogen-bond acceptors (Lipinski definition) is 5. The maximum absolute atomic E-state index is 13.5. The van der Waals surface area contributed by atoms with Crippen LogP contribution in [0, 0.1) is 5.82 Å². The van der Waals surface area contributed by atoms with Gasteiger partial charge < -0.3 is 14.8 Å². The molecular weight excluding hydrogens is 256 g/mol. The van der Waals surface area contributed by atoms with Crippen molar-refractivity contribution in [2.24, 2.45) is 4.99 Å². The van der Waals surface area contributed by atoms with Gasteiger partial charge in [0.25, 0.3) is 0 Å².